The van der Waals surface area contributed by atoms with E-state index in [1.54, 1.807) is 32.9 Å². The Morgan fingerprint density at radius 2 is 1.96 bits per heavy atom. The molecule has 1 rings (SSSR count). The standard InChI is InChI=1S/C19H27F3N2O2/c1-13(8-10-23)16(9-11-24-17(25)26-18(2,3)4)14-6-5-7-15(12-14)19(20,21)22/h5-7,9,11-13,16H,8,10,23H2,1-4H3,(H,24,25)/b11-9+/t13?,16-/m1/s1. The molecule has 7 heteroatoms. The summed E-state index contributed by atoms with van der Waals surface area (Å²) in [5.41, 5.74) is 4.78. The van der Waals surface area contributed by atoms with E-state index in [1.165, 1.54) is 12.3 Å². The molecule has 0 fully saturated rings. The Hall–Kier alpha value is -2.02. The maximum absolute atomic E-state index is 13.0. The molecule has 0 spiro atoms. The van der Waals surface area contributed by atoms with Crippen LogP contribution in [-0.4, -0.2) is 18.2 Å². The molecule has 1 aromatic carbocycles. The number of hydrogen-bond acceptors (Lipinski definition) is 3. The lowest BCUT2D eigenvalue weighted by atomic mass is 9.84. The summed E-state index contributed by atoms with van der Waals surface area (Å²) in [5.74, 6) is -0.323. The fraction of sp³-hybridized carbons (Fsp3) is 0.526. The lowest BCUT2D eigenvalue weighted by molar-refractivity contribution is -0.137. The number of carbonyl (C=O) groups is 1. The van der Waals surface area contributed by atoms with Crippen molar-refractivity contribution in [3.05, 3.63) is 47.7 Å². The van der Waals surface area contributed by atoms with Crippen LogP contribution >= 0.6 is 0 Å². The van der Waals surface area contributed by atoms with E-state index < -0.39 is 23.4 Å². The zero-order valence-corrected chi connectivity index (χ0v) is 15.6. The van der Waals surface area contributed by atoms with Gasteiger partial charge in [-0.2, -0.15) is 13.2 Å². The largest absolute Gasteiger partial charge is 0.444 e. The number of ether oxygens (including phenoxy) is 1. The van der Waals surface area contributed by atoms with Crippen LogP contribution in [0.5, 0.6) is 0 Å². The second kappa shape index (κ2) is 9.07. The van der Waals surface area contributed by atoms with E-state index in [2.05, 4.69) is 5.32 Å². The molecule has 0 aliphatic heterocycles. The molecule has 0 aromatic heterocycles. The minimum atomic E-state index is -4.41. The number of amides is 1. The third-order valence-corrected chi connectivity index (χ3v) is 3.74. The Morgan fingerprint density at radius 1 is 1.31 bits per heavy atom. The van der Waals surface area contributed by atoms with Crippen molar-refractivity contribution in [1.29, 1.82) is 0 Å². The van der Waals surface area contributed by atoms with E-state index in [-0.39, 0.29) is 11.8 Å². The Morgan fingerprint density at radius 3 is 2.50 bits per heavy atom. The van der Waals surface area contributed by atoms with Gasteiger partial charge in [-0.3, -0.25) is 5.32 Å². The van der Waals surface area contributed by atoms with Crippen molar-refractivity contribution in [2.24, 2.45) is 11.7 Å². The average molecular weight is 372 g/mol. The molecule has 2 atom stereocenters. The maximum atomic E-state index is 13.0. The Bertz CT molecular complexity index is 622. The van der Waals surface area contributed by atoms with Crippen LogP contribution in [0.15, 0.2) is 36.5 Å². The monoisotopic (exact) mass is 372 g/mol. The number of benzene rings is 1. The van der Waals surface area contributed by atoms with Gasteiger partial charge in [-0.05, 0) is 51.3 Å². The molecule has 0 heterocycles. The summed E-state index contributed by atoms with van der Waals surface area (Å²) in [6.45, 7) is 7.56. The fourth-order valence-corrected chi connectivity index (χ4v) is 2.52. The zero-order chi connectivity index (χ0) is 20.0. The van der Waals surface area contributed by atoms with Gasteiger partial charge in [0.1, 0.15) is 5.60 Å². The quantitative estimate of drug-likeness (QED) is 0.753. The zero-order valence-electron chi connectivity index (χ0n) is 15.6. The smallest absolute Gasteiger partial charge is 0.416 e. The first kappa shape index (κ1) is 22.0. The van der Waals surface area contributed by atoms with Gasteiger partial charge in [0.05, 0.1) is 5.56 Å². The number of nitrogens with two attached hydrogens (primary N) is 1. The topological polar surface area (TPSA) is 64.3 Å². The molecule has 0 aliphatic rings. The third-order valence-electron chi connectivity index (χ3n) is 3.74. The number of alkyl halides is 3. The summed E-state index contributed by atoms with van der Waals surface area (Å²) in [4.78, 5) is 11.7. The second-order valence-electron chi connectivity index (χ2n) is 7.21. The molecule has 26 heavy (non-hydrogen) atoms. The summed E-state index contributed by atoms with van der Waals surface area (Å²) in [6, 6.07) is 5.20. The van der Waals surface area contributed by atoms with E-state index in [0.717, 1.165) is 12.1 Å². The lowest BCUT2D eigenvalue weighted by Crippen LogP contribution is -2.29. The van der Waals surface area contributed by atoms with Crippen molar-refractivity contribution < 1.29 is 22.7 Å². The molecule has 0 bridgehead atoms. The van der Waals surface area contributed by atoms with E-state index in [9.17, 15) is 18.0 Å². The van der Waals surface area contributed by atoms with E-state index in [1.807, 2.05) is 6.92 Å². The summed E-state index contributed by atoms with van der Waals surface area (Å²) >= 11 is 0. The average Bonchev–Trinajstić information content (AvgIpc) is 2.49. The minimum absolute atomic E-state index is 0.000158. The fourth-order valence-electron chi connectivity index (χ4n) is 2.52. The van der Waals surface area contributed by atoms with Crippen LogP contribution in [0.4, 0.5) is 18.0 Å². The highest BCUT2D eigenvalue weighted by molar-refractivity contribution is 5.68. The molecule has 4 nitrogen and oxygen atoms in total. The highest BCUT2D eigenvalue weighted by Gasteiger charge is 2.31. The van der Waals surface area contributed by atoms with Crippen molar-refractivity contribution in [2.75, 3.05) is 6.54 Å². The number of rotatable bonds is 6. The van der Waals surface area contributed by atoms with Crippen LogP contribution in [0.1, 0.15) is 51.2 Å². The molecule has 0 radical (unpaired) electrons. The lowest BCUT2D eigenvalue weighted by Gasteiger charge is -2.22. The van der Waals surface area contributed by atoms with Crippen molar-refractivity contribution in [1.82, 2.24) is 5.32 Å². The molecule has 146 valence electrons. The molecule has 0 saturated carbocycles. The van der Waals surface area contributed by atoms with Gasteiger partial charge >= 0.3 is 12.3 Å². The SMILES string of the molecule is CC(CCN)[C@@H](/C=C/NC(=O)OC(C)(C)C)c1cccc(C(F)(F)F)c1. The van der Waals surface area contributed by atoms with Gasteiger partial charge in [-0.25, -0.2) is 4.79 Å². The molecule has 0 saturated heterocycles. The Labute approximate surface area is 152 Å². The van der Waals surface area contributed by atoms with Gasteiger partial charge < -0.3 is 10.5 Å². The molecule has 3 N–H and O–H groups in total. The van der Waals surface area contributed by atoms with E-state index in [4.69, 9.17) is 10.5 Å². The normalized spacial score (nSPS) is 14.9. The van der Waals surface area contributed by atoms with Crippen molar-refractivity contribution in [2.45, 2.75) is 51.8 Å². The summed E-state index contributed by atoms with van der Waals surface area (Å²) in [6.07, 6.45) is -1.32. The first-order valence-electron chi connectivity index (χ1n) is 8.47. The number of nitrogens with one attached hydrogen (secondary N) is 1. The van der Waals surface area contributed by atoms with Crippen molar-refractivity contribution in [3.63, 3.8) is 0 Å². The number of allylic oxidation sites excluding steroid dienone is 1. The summed E-state index contributed by atoms with van der Waals surface area (Å²) in [7, 11) is 0. The molecule has 0 aliphatic carbocycles. The Kier molecular flexibility index (Phi) is 7.68. The van der Waals surface area contributed by atoms with Gasteiger partial charge in [0.15, 0.2) is 0 Å². The van der Waals surface area contributed by atoms with Gasteiger partial charge in [-0.1, -0.05) is 31.2 Å². The van der Waals surface area contributed by atoms with Gasteiger partial charge in [0.2, 0.25) is 0 Å². The van der Waals surface area contributed by atoms with E-state index >= 15 is 0 Å². The predicted molar refractivity (Wildman–Crippen MR) is 95.5 cm³/mol. The van der Waals surface area contributed by atoms with Gasteiger partial charge in [0.25, 0.3) is 0 Å². The third kappa shape index (κ3) is 7.47. The molecule has 1 unspecified atom stereocenters. The number of hydrogen-bond donors (Lipinski definition) is 2. The summed E-state index contributed by atoms with van der Waals surface area (Å²) in [5, 5.41) is 2.49. The predicted octanol–water partition coefficient (Wildman–Crippen LogP) is 4.81. The van der Waals surface area contributed by atoms with E-state index in [0.29, 0.717) is 18.5 Å². The summed E-state index contributed by atoms with van der Waals surface area (Å²) < 4.78 is 44.1. The molecular weight excluding hydrogens is 345 g/mol. The van der Waals surface area contributed by atoms with Gasteiger partial charge in [0, 0.05) is 12.1 Å². The van der Waals surface area contributed by atoms with Crippen LogP contribution in [0.2, 0.25) is 0 Å². The van der Waals surface area contributed by atoms with Crippen molar-refractivity contribution >= 4 is 6.09 Å². The molecule has 1 amide bonds. The molecular formula is C19H27F3N2O2. The van der Waals surface area contributed by atoms with Crippen LogP contribution < -0.4 is 11.1 Å². The van der Waals surface area contributed by atoms with Crippen LogP contribution in [0.25, 0.3) is 0 Å². The van der Waals surface area contributed by atoms with Gasteiger partial charge in [-0.15, -0.1) is 0 Å². The van der Waals surface area contributed by atoms with Crippen LogP contribution in [-0.2, 0) is 10.9 Å². The highest BCUT2D eigenvalue weighted by atomic mass is 19.4. The Balaban J connectivity index is 2.99. The number of halogens is 3. The first-order valence-corrected chi connectivity index (χ1v) is 8.47. The highest BCUT2D eigenvalue weighted by Crippen LogP contribution is 2.34. The van der Waals surface area contributed by atoms with Crippen LogP contribution in [0.3, 0.4) is 0 Å². The first-order chi connectivity index (χ1) is 11.9. The number of alkyl carbamates (subject to hydrolysis) is 1. The number of carbonyl (C=O) groups excluding carboxylic acids is 1. The second-order valence-corrected chi connectivity index (χ2v) is 7.21. The molecule has 1 aromatic rings. The minimum Gasteiger partial charge on any atom is -0.444 e. The maximum Gasteiger partial charge on any atom is 0.416 e. The van der Waals surface area contributed by atoms with Crippen LogP contribution in [0, 0.1) is 5.92 Å². The van der Waals surface area contributed by atoms with Crippen molar-refractivity contribution in [3.8, 4) is 0 Å².